The molecule has 1 aliphatic rings. The van der Waals surface area contributed by atoms with Gasteiger partial charge in [0.05, 0.1) is 12.4 Å². The van der Waals surface area contributed by atoms with E-state index in [0.717, 1.165) is 18.4 Å². The molecule has 128 valence electrons. The highest BCUT2D eigenvalue weighted by Gasteiger charge is 2.24. The predicted octanol–water partition coefficient (Wildman–Crippen LogP) is 1.17. The minimum absolute atomic E-state index is 0.0443. The van der Waals surface area contributed by atoms with Crippen LogP contribution in [0.4, 0.5) is 0 Å². The summed E-state index contributed by atoms with van der Waals surface area (Å²) < 4.78 is 30.6. The third-order valence-electron chi connectivity index (χ3n) is 3.83. The van der Waals surface area contributed by atoms with Crippen LogP contribution in [0.25, 0.3) is 0 Å². The molecule has 1 aromatic rings. The molecule has 0 saturated carbocycles. The standard InChI is InChI=1S/C16H24N2O4S/c1-13-5-3-6-14(11-13)16(19)17-8-9-18(23(2,20)21)12-15-7-4-10-22-15/h3,5-6,11,15H,4,7-10,12H2,1-2H3,(H,17,19). The number of nitrogens with zero attached hydrogens (tertiary/aromatic N) is 1. The van der Waals surface area contributed by atoms with E-state index in [0.29, 0.717) is 18.7 Å². The number of hydrogen-bond acceptors (Lipinski definition) is 4. The molecule has 23 heavy (non-hydrogen) atoms. The number of benzene rings is 1. The van der Waals surface area contributed by atoms with Gasteiger partial charge in [0.1, 0.15) is 0 Å². The Hall–Kier alpha value is -1.44. The number of aryl methyl sites for hydroxylation is 1. The molecule has 1 saturated heterocycles. The SMILES string of the molecule is Cc1cccc(C(=O)NCCN(CC2CCCO2)S(C)(=O)=O)c1. The van der Waals surface area contributed by atoms with Crippen molar-refractivity contribution in [3.05, 3.63) is 35.4 Å². The summed E-state index contributed by atoms with van der Waals surface area (Å²) in [6.45, 7) is 3.47. The number of nitrogens with one attached hydrogen (secondary N) is 1. The van der Waals surface area contributed by atoms with E-state index in [4.69, 9.17) is 4.74 Å². The second-order valence-electron chi connectivity index (χ2n) is 5.88. The summed E-state index contributed by atoms with van der Waals surface area (Å²) in [5.74, 6) is -0.195. The molecular weight excluding hydrogens is 316 g/mol. The van der Waals surface area contributed by atoms with Gasteiger partial charge in [-0.1, -0.05) is 17.7 Å². The summed E-state index contributed by atoms with van der Waals surface area (Å²) in [5, 5.41) is 2.77. The van der Waals surface area contributed by atoms with Crippen LogP contribution in [0.3, 0.4) is 0 Å². The lowest BCUT2D eigenvalue weighted by molar-refractivity contribution is 0.0911. The van der Waals surface area contributed by atoms with Crippen LogP contribution in [0.1, 0.15) is 28.8 Å². The zero-order valence-electron chi connectivity index (χ0n) is 13.6. The number of amides is 1. The van der Waals surface area contributed by atoms with Crippen LogP contribution in [-0.2, 0) is 14.8 Å². The van der Waals surface area contributed by atoms with Gasteiger partial charge in [0.15, 0.2) is 0 Å². The average Bonchev–Trinajstić information content (AvgIpc) is 2.98. The molecule has 1 heterocycles. The van der Waals surface area contributed by atoms with Crippen LogP contribution in [0.5, 0.6) is 0 Å². The summed E-state index contributed by atoms with van der Waals surface area (Å²) in [5.41, 5.74) is 1.59. The monoisotopic (exact) mass is 340 g/mol. The lowest BCUT2D eigenvalue weighted by atomic mass is 10.1. The minimum atomic E-state index is -3.32. The second kappa shape index (κ2) is 7.90. The van der Waals surface area contributed by atoms with Gasteiger partial charge in [0.25, 0.3) is 5.91 Å². The zero-order chi connectivity index (χ0) is 16.9. The van der Waals surface area contributed by atoms with Gasteiger partial charge in [-0.15, -0.1) is 0 Å². The number of carbonyl (C=O) groups is 1. The van der Waals surface area contributed by atoms with E-state index >= 15 is 0 Å². The highest BCUT2D eigenvalue weighted by Crippen LogP contribution is 2.14. The topological polar surface area (TPSA) is 75.7 Å². The van der Waals surface area contributed by atoms with Gasteiger partial charge in [0, 0.05) is 31.8 Å². The van der Waals surface area contributed by atoms with Crippen molar-refractivity contribution in [1.29, 1.82) is 0 Å². The van der Waals surface area contributed by atoms with Gasteiger partial charge >= 0.3 is 0 Å². The first-order valence-corrected chi connectivity index (χ1v) is 9.62. The van der Waals surface area contributed by atoms with Crippen molar-refractivity contribution in [2.75, 3.05) is 32.5 Å². The predicted molar refractivity (Wildman–Crippen MR) is 88.9 cm³/mol. The van der Waals surface area contributed by atoms with Gasteiger partial charge in [0.2, 0.25) is 10.0 Å². The lowest BCUT2D eigenvalue weighted by Crippen LogP contribution is -2.41. The first-order chi connectivity index (χ1) is 10.9. The van der Waals surface area contributed by atoms with Gasteiger partial charge in [-0.3, -0.25) is 4.79 Å². The molecule has 1 atom stereocenters. The average molecular weight is 340 g/mol. The molecule has 1 unspecified atom stereocenters. The largest absolute Gasteiger partial charge is 0.377 e. The van der Waals surface area contributed by atoms with Crippen LogP contribution in [-0.4, -0.2) is 57.2 Å². The van der Waals surface area contributed by atoms with E-state index in [1.54, 1.807) is 12.1 Å². The fraction of sp³-hybridized carbons (Fsp3) is 0.562. The molecule has 0 radical (unpaired) electrons. The molecule has 0 aromatic heterocycles. The third kappa shape index (κ3) is 5.60. The van der Waals surface area contributed by atoms with Gasteiger partial charge < -0.3 is 10.1 Å². The van der Waals surface area contributed by atoms with Crippen molar-refractivity contribution >= 4 is 15.9 Å². The molecule has 0 bridgehead atoms. The van der Waals surface area contributed by atoms with Gasteiger partial charge in [-0.25, -0.2) is 8.42 Å². The molecule has 1 fully saturated rings. The third-order valence-corrected chi connectivity index (χ3v) is 5.10. The van der Waals surface area contributed by atoms with E-state index in [1.165, 1.54) is 10.6 Å². The first-order valence-electron chi connectivity index (χ1n) is 7.78. The van der Waals surface area contributed by atoms with E-state index in [2.05, 4.69) is 5.32 Å². The van der Waals surface area contributed by atoms with Gasteiger partial charge in [-0.2, -0.15) is 4.31 Å². The van der Waals surface area contributed by atoms with Crippen molar-refractivity contribution in [2.24, 2.45) is 0 Å². The normalized spacial score (nSPS) is 18.3. The molecule has 0 aliphatic carbocycles. The maximum Gasteiger partial charge on any atom is 0.251 e. The van der Waals surface area contributed by atoms with E-state index < -0.39 is 10.0 Å². The van der Waals surface area contributed by atoms with Crippen LogP contribution in [0.15, 0.2) is 24.3 Å². The Balaban J connectivity index is 1.87. The van der Waals surface area contributed by atoms with Crippen molar-refractivity contribution < 1.29 is 17.9 Å². The number of rotatable bonds is 7. The van der Waals surface area contributed by atoms with Crippen LogP contribution < -0.4 is 5.32 Å². The van der Waals surface area contributed by atoms with Crippen molar-refractivity contribution in [3.63, 3.8) is 0 Å². The van der Waals surface area contributed by atoms with Crippen LogP contribution in [0, 0.1) is 6.92 Å². The highest BCUT2D eigenvalue weighted by atomic mass is 32.2. The number of sulfonamides is 1. The molecule has 1 aromatic carbocycles. The summed E-state index contributed by atoms with van der Waals surface area (Å²) in [7, 11) is -3.32. The Labute approximate surface area is 137 Å². The Morgan fingerprint density at radius 2 is 2.22 bits per heavy atom. The number of carbonyl (C=O) groups excluding carboxylic acids is 1. The van der Waals surface area contributed by atoms with Crippen molar-refractivity contribution in [3.8, 4) is 0 Å². The van der Waals surface area contributed by atoms with E-state index in [9.17, 15) is 13.2 Å². The summed E-state index contributed by atoms with van der Waals surface area (Å²) >= 11 is 0. The minimum Gasteiger partial charge on any atom is -0.377 e. The lowest BCUT2D eigenvalue weighted by Gasteiger charge is -2.23. The fourth-order valence-corrected chi connectivity index (χ4v) is 3.45. The molecular formula is C16H24N2O4S. The van der Waals surface area contributed by atoms with E-state index in [1.807, 2.05) is 19.1 Å². The number of hydrogen-bond donors (Lipinski definition) is 1. The zero-order valence-corrected chi connectivity index (χ0v) is 14.4. The Bertz CT molecular complexity index is 639. The molecule has 2 rings (SSSR count). The maximum atomic E-state index is 12.1. The molecule has 1 amide bonds. The molecule has 1 N–H and O–H groups in total. The fourth-order valence-electron chi connectivity index (χ4n) is 2.59. The maximum absolute atomic E-state index is 12.1. The van der Waals surface area contributed by atoms with E-state index in [-0.39, 0.29) is 25.1 Å². The first kappa shape index (κ1) is 17.9. The second-order valence-corrected chi connectivity index (χ2v) is 7.86. The Morgan fingerprint density at radius 3 is 2.83 bits per heavy atom. The summed E-state index contributed by atoms with van der Waals surface area (Å²) in [6.07, 6.45) is 2.98. The van der Waals surface area contributed by atoms with Crippen molar-refractivity contribution in [2.45, 2.75) is 25.9 Å². The van der Waals surface area contributed by atoms with Crippen molar-refractivity contribution in [1.82, 2.24) is 9.62 Å². The van der Waals surface area contributed by atoms with Gasteiger partial charge in [-0.05, 0) is 31.9 Å². The number of ether oxygens (including phenoxy) is 1. The smallest absolute Gasteiger partial charge is 0.251 e. The highest BCUT2D eigenvalue weighted by molar-refractivity contribution is 7.88. The molecule has 0 spiro atoms. The quantitative estimate of drug-likeness (QED) is 0.808. The Morgan fingerprint density at radius 1 is 1.43 bits per heavy atom. The van der Waals surface area contributed by atoms with Crippen LogP contribution in [0.2, 0.25) is 0 Å². The molecule has 1 aliphatic heterocycles. The molecule has 7 heteroatoms. The summed E-state index contributed by atoms with van der Waals surface area (Å²) in [6, 6.07) is 7.29. The Kier molecular flexibility index (Phi) is 6.15. The molecule has 6 nitrogen and oxygen atoms in total. The summed E-state index contributed by atoms with van der Waals surface area (Å²) in [4.78, 5) is 12.1. The van der Waals surface area contributed by atoms with Crippen LogP contribution >= 0.6 is 0 Å².